The van der Waals surface area contributed by atoms with Crippen molar-refractivity contribution in [2.45, 2.75) is 17.9 Å². The molecule has 1 fully saturated rings. The second kappa shape index (κ2) is 7.74. The number of carbonyl (C=O) groups excluding carboxylic acids is 1. The molecule has 1 N–H and O–H groups in total. The number of amides is 1. The van der Waals surface area contributed by atoms with Crippen molar-refractivity contribution in [3.63, 3.8) is 0 Å². The Morgan fingerprint density at radius 2 is 1.73 bits per heavy atom. The van der Waals surface area contributed by atoms with Gasteiger partial charge in [0.15, 0.2) is 0 Å². The molecule has 4 rings (SSSR count). The van der Waals surface area contributed by atoms with Gasteiger partial charge in [-0.05, 0) is 50.2 Å². The number of nitrogens with zero attached hydrogens (tertiary/aromatic N) is 2. The number of nitrogens with one attached hydrogen (secondary N) is 1. The summed E-state index contributed by atoms with van der Waals surface area (Å²) in [6, 6.07) is 18.3. The molecule has 7 heteroatoms. The molecular formula is C23H25N3O3S. The van der Waals surface area contributed by atoms with Gasteiger partial charge in [-0.2, -0.15) is 0 Å². The lowest BCUT2D eigenvalue weighted by molar-refractivity contribution is 0.0981. The number of likely N-dealkylation sites (N-methyl/N-ethyl adjacent to an activating group) is 1. The molecule has 1 aliphatic heterocycles. The first-order valence-corrected chi connectivity index (χ1v) is 11.3. The monoisotopic (exact) mass is 423 g/mol. The highest BCUT2D eigenvalue weighted by atomic mass is 32.2. The molecule has 30 heavy (non-hydrogen) atoms. The third kappa shape index (κ3) is 3.78. The molecule has 3 aromatic rings. The second-order valence-electron chi connectivity index (χ2n) is 7.93. The molecule has 0 radical (unpaired) electrons. The fourth-order valence-electron chi connectivity index (χ4n) is 3.71. The van der Waals surface area contributed by atoms with Gasteiger partial charge < -0.3 is 9.80 Å². The van der Waals surface area contributed by atoms with Gasteiger partial charge in [-0.25, -0.2) is 13.1 Å². The summed E-state index contributed by atoms with van der Waals surface area (Å²) in [5, 5.41) is 1.39. The fourth-order valence-corrected chi connectivity index (χ4v) is 4.90. The molecule has 156 valence electrons. The lowest BCUT2D eigenvalue weighted by Crippen LogP contribution is -2.57. The molecule has 0 bridgehead atoms. The molecule has 3 aromatic carbocycles. The van der Waals surface area contributed by atoms with Gasteiger partial charge in [-0.3, -0.25) is 4.79 Å². The van der Waals surface area contributed by atoms with Crippen LogP contribution in [0.3, 0.4) is 0 Å². The van der Waals surface area contributed by atoms with E-state index in [1.54, 1.807) is 24.3 Å². The van der Waals surface area contributed by atoms with Crippen molar-refractivity contribution in [3.05, 3.63) is 71.8 Å². The van der Waals surface area contributed by atoms with E-state index in [-0.39, 0.29) is 4.90 Å². The van der Waals surface area contributed by atoms with Gasteiger partial charge in [-0.1, -0.05) is 42.5 Å². The molecule has 0 aliphatic carbocycles. The Kier molecular flexibility index (Phi) is 5.26. The van der Waals surface area contributed by atoms with Gasteiger partial charge >= 0.3 is 0 Å². The highest BCUT2D eigenvalue weighted by molar-refractivity contribution is 7.90. The summed E-state index contributed by atoms with van der Waals surface area (Å²) in [4.78, 5) is 17.4. The Morgan fingerprint density at radius 3 is 2.47 bits per heavy atom. The highest BCUT2D eigenvalue weighted by Crippen LogP contribution is 2.26. The summed E-state index contributed by atoms with van der Waals surface area (Å²) in [6.07, 6.45) is 0. The Labute approximate surface area is 177 Å². The van der Waals surface area contributed by atoms with Crippen LogP contribution in [0, 0.1) is 6.92 Å². The van der Waals surface area contributed by atoms with E-state index in [4.69, 9.17) is 0 Å². The molecule has 1 aliphatic rings. The van der Waals surface area contributed by atoms with E-state index in [1.165, 1.54) is 6.07 Å². The molecule has 0 unspecified atom stereocenters. The van der Waals surface area contributed by atoms with Crippen molar-refractivity contribution >= 4 is 32.4 Å². The van der Waals surface area contributed by atoms with Crippen LogP contribution in [0.1, 0.15) is 15.9 Å². The van der Waals surface area contributed by atoms with Crippen LogP contribution in [0.2, 0.25) is 0 Å². The van der Waals surface area contributed by atoms with E-state index in [9.17, 15) is 13.2 Å². The maximum Gasteiger partial charge on any atom is 0.265 e. The van der Waals surface area contributed by atoms with E-state index >= 15 is 0 Å². The molecule has 0 saturated carbocycles. The molecule has 0 aromatic heterocycles. The molecular weight excluding hydrogens is 398 g/mol. The number of sulfonamides is 1. The van der Waals surface area contributed by atoms with Crippen LogP contribution >= 0.6 is 0 Å². The van der Waals surface area contributed by atoms with E-state index in [0.29, 0.717) is 17.0 Å². The van der Waals surface area contributed by atoms with Gasteiger partial charge in [0.05, 0.1) is 4.90 Å². The SMILES string of the molecule is Cc1ccc(N2CC(N(C)C)C2)cc1C(=O)NS(=O)(=O)c1cccc2ccccc12. The van der Waals surface area contributed by atoms with Crippen LogP contribution in [-0.4, -0.2) is 52.5 Å². The molecule has 0 atom stereocenters. The zero-order valence-corrected chi connectivity index (χ0v) is 18.1. The first-order valence-electron chi connectivity index (χ1n) is 9.83. The number of aryl methyl sites for hydroxylation is 1. The van der Waals surface area contributed by atoms with Crippen LogP contribution in [0.4, 0.5) is 5.69 Å². The Hall–Kier alpha value is -2.90. The van der Waals surface area contributed by atoms with E-state index in [2.05, 4.69) is 14.5 Å². The number of fused-ring (bicyclic) bond motifs is 1. The number of hydrogen-bond acceptors (Lipinski definition) is 5. The van der Waals surface area contributed by atoms with Gasteiger partial charge in [0.25, 0.3) is 15.9 Å². The molecule has 0 spiro atoms. The number of rotatable bonds is 5. The minimum absolute atomic E-state index is 0.0966. The van der Waals surface area contributed by atoms with E-state index in [1.807, 2.05) is 51.4 Å². The average molecular weight is 424 g/mol. The van der Waals surface area contributed by atoms with Crippen LogP contribution in [0.15, 0.2) is 65.6 Å². The number of benzene rings is 3. The highest BCUT2D eigenvalue weighted by Gasteiger charge is 2.29. The zero-order valence-electron chi connectivity index (χ0n) is 17.3. The van der Waals surface area contributed by atoms with Crippen LogP contribution in [0.25, 0.3) is 10.8 Å². The number of hydrogen-bond donors (Lipinski definition) is 1. The lowest BCUT2D eigenvalue weighted by Gasteiger charge is -2.44. The van der Waals surface area contributed by atoms with E-state index in [0.717, 1.165) is 29.7 Å². The quantitative estimate of drug-likeness (QED) is 0.683. The first-order chi connectivity index (χ1) is 14.3. The Balaban J connectivity index is 1.60. The Bertz CT molecular complexity index is 1210. The number of anilines is 1. The number of carbonyl (C=O) groups is 1. The van der Waals surface area contributed by atoms with Gasteiger partial charge in [-0.15, -0.1) is 0 Å². The average Bonchev–Trinajstić information content (AvgIpc) is 2.67. The summed E-state index contributed by atoms with van der Waals surface area (Å²) in [7, 11) is 0.0840. The van der Waals surface area contributed by atoms with Crippen molar-refractivity contribution in [1.29, 1.82) is 0 Å². The van der Waals surface area contributed by atoms with Crippen molar-refractivity contribution in [2.75, 3.05) is 32.1 Å². The summed E-state index contributed by atoms with van der Waals surface area (Å²) in [5.41, 5.74) is 2.02. The second-order valence-corrected chi connectivity index (χ2v) is 9.58. The molecule has 1 saturated heterocycles. The van der Waals surface area contributed by atoms with Gasteiger partial charge in [0.1, 0.15) is 0 Å². The van der Waals surface area contributed by atoms with Gasteiger partial charge in [0, 0.05) is 35.8 Å². The maximum absolute atomic E-state index is 13.0. The van der Waals surface area contributed by atoms with Crippen LogP contribution < -0.4 is 9.62 Å². The summed E-state index contributed by atoms with van der Waals surface area (Å²) in [6.45, 7) is 3.57. The topological polar surface area (TPSA) is 69.7 Å². The smallest absolute Gasteiger partial charge is 0.265 e. The maximum atomic E-state index is 13.0. The van der Waals surface area contributed by atoms with Crippen molar-refractivity contribution < 1.29 is 13.2 Å². The van der Waals surface area contributed by atoms with E-state index < -0.39 is 15.9 Å². The normalized spacial score (nSPS) is 14.7. The Morgan fingerprint density at radius 1 is 1.03 bits per heavy atom. The van der Waals surface area contributed by atoms with Crippen molar-refractivity contribution in [2.24, 2.45) is 0 Å². The molecule has 1 heterocycles. The lowest BCUT2D eigenvalue weighted by atomic mass is 10.0. The fraction of sp³-hybridized carbons (Fsp3) is 0.261. The zero-order chi connectivity index (χ0) is 21.5. The molecule has 6 nitrogen and oxygen atoms in total. The standard InChI is InChI=1S/C23H25N3O3S/c1-16-11-12-18(26-14-19(15-26)25(2)3)13-21(16)23(27)24-30(28,29)22-10-6-8-17-7-4-5-9-20(17)22/h4-13,19H,14-15H2,1-3H3,(H,24,27). The largest absolute Gasteiger partial charge is 0.368 e. The van der Waals surface area contributed by atoms with Crippen molar-refractivity contribution in [1.82, 2.24) is 9.62 Å². The minimum atomic E-state index is -4.02. The third-order valence-electron chi connectivity index (χ3n) is 5.69. The van der Waals surface area contributed by atoms with Crippen molar-refractivity contribution in [3.8, 4) is 0 Å². The van der Waals surface area contributed by atoms with Crippen LogP contribution in [0.5, 0.6) is 0 Å². The summed E-state index contributed by atoms with van der Waals surface area (Å²) >= 11 is 0. The van der Waals surface area contributed by atoms with Crippen LogP contribution in [-0.2, 0) is 10.0 Å². The predicted molar refractivity (Wildman–Crippen MR) is 119 cm³/mol. The third-order valence-corrected chi connectivity index (χ3v) is 7.08. The minimum Gasteiger partial charge on any atom is -0.368 e. The first kappa shape index (κ1) is 20.4. The summed E-state index contributed by atoms with van der Waals surface area (Å²) < 4.78 is 28.3. The molecule has 1 amide bonds. The predicted octanol–water partition coefficient (Wildman–Crippen LogP) is 3.02. The van der Waals surface area contributed by atoms with Gasteiger partial charge in [0.2, 0.25) is 0 Å². The summed E-state index contributed by atoms with van der Waals surface area (Å²) in [5.74, 6) is -0.619.